The molecule has 4 aromatic rings. The molecule has 3 aromatic carbocycles. The predicted molar refractivity (Wildman–Crippen MR) is 194 cm³/mol. The number of alkyl carbamates (subject to hydrolysis) is 1. The lowest BCUT2D eigenvalue weighted by atomic mass is 9.55. The molecular formula is C42H48N4O5. The van der Waals surface area contributed by atoms with Crippen LogP contribution in [0.3, 0.4) is 0 Å². The summed E-state index contributed by atoms with van der Waals surface area (Å²) in [6, 6.07) is 23.5. The Balaban J connectivity index is 1.13. The molecule has 51 heavy (non-hydrogen) atoms. The molecule has 1 aromatic heterocycles. The fraction of sp³-hybridized carbons (Fsp3) is 0.452. The monoisotopic (exact) mass is 688 g/mol. The molecule has 9 nitrogen and oxygen atoms in total. The van der Waals surface area contributed by atoms with E-state index in [1.165, 1.54) is 11.3 Å². The molecule has 266 valence electrons. The zero-order valence-corrected chi connectivity index (χ0v) is 29.3. The Bertz CT molecular complexity index is 1880. The van der Waals surface area contributed by atoms with Gasteiger partial charge in [0.1, 0.15) is 12.7 Å². The van der Waals surface area contributed by atoms with Crippen molar-refractivity contribution in [2.45, 2.75) is 95.0 Å². The number of aromatic nitrogens is 1. The van der Waals surface area contributed by atoms with E-state index in [1.807, 2.05) is 85.9 Å². The van der Waals surface area contributed by atoms with E-state index in [4.69, 9.17) is 15.2 Å². The Morgan fingerprint density at radius 2 is 1.61 bits per heavy atom. The van der Waals surface area contributed by atoms with Crippen molar-refractivity contribution in [1.82, 2.24) is 15.2 Å². The lowest BCUT2D eigenvalue weighted by molar-refractivity contribution is -0.139. The van der Waals surface area contributed by atoms with Crippen LogP contribution in [0.1, 0.15) is 74.1 Å². The van der Waals surface area contributed by atoms with Crippen molar-refractivity contribution in [3.63, 3.8) is 0 Å². The van der Waals surface area contributed by atoms with E-state index in [9.17, 15) is 14.4 Å². The van der Waals surface area contributed by atoms with Crippen molar-refractivity contribution >= 4 is 29.0 Å². The van der Waals surface area contributed by atoms with Crippen LogP contribution in [-0.4, -0.2) is 46.2 Å². The van der Waals surface area contributed by atoms with E-state index < -0.39 is 35.7 Å². The summed E-state index contributed by atoms with van der Waals surface area (Å²) >= 11 is 0. The molecule has 1 heterocycles. The number of aryl methyl sites for hydroxylation is 1. The quantitative estimate of drug-likeness (QED) is 0.169. The largest absolute Gasteiger partial charge is 0.445 e. The minimum atomic E-state index is -1.14. The highest BCUT2D eigenvalue weighted by molar-refractivity contribution is 5.96. The van der Waals surface area contributed by atoms with Crippen LogP contribution in [0.5, 0.6) is 0 Å². The highest BCUT2D eigenvalue weighted by atomic mass is 16.6. The van der Waals surface area contributed by atoms with Gasteiger partial charge in [-0.2, -0.15) is 0 Å². The first kappa shape index (κ1) is 33.5. The van der Waals surface area contributed by atoms with Crippen LogP contribution in [0.4, 0.5) is 9.59 Å². The third kappa shape index (κ3) is 6.41. The van der Waals surface area contributed by atoms with Crippen molar-refractivity contribution in [3.8, 4) is 0 Å². The summed E-state index contributed by atoms with van der Waals surface area (Å²) < 4.78 is 12.3. The van der Waals surface area contributed by atoms with Gasteiger partial charge in [0.25, 0.3) is 0 Å². The molecule has 4 saturated carbocycles. The number of H-pyrrole nitrogens is 1. The first-order valence-corrected chi connectivity index (χ1v) is 18.7. The molecule has 0 spiro atoms. The summed E-state index contributed by atoms with van der Waals surface area (Å²) in [5, 5.41) is 4.19. The van der Waals surface area contributed by atoms with Gasteiger partial charge in [0.05, 0.1) is 17.6 Å². The van der Waals surface area contributed by atoms with Gasteiger partial charge in [0, 0.05) is 17.1 Å². The maximum atomic E-state index is 14.8. The number of benzene rings is 3. The number of aromatic amines is 1. The van der Waals surface area contributed by atoms with Gasteiger partial charge in [-0.3, -0.25) is 4.79 Å². The fourth-order valence-corrected chi connectivity index (χ4v) is 10.2. The van der Waals surface area contributed by atoms with Crippen molar-refractivity contribution in [1.29, 1.82) is 0 Å². The molecule has 9 heteroatoms. The number of fused-ring (bicyclic) bond motifs is 2. The van der Waals surface area contributed by atoms with Gasteiger partial charge in [-0.05, 0) is 117 Å². The highest BCUT2D eigenvalue weighted by Crippen LogP contribution is 2.55. The molecule has 4 bridgehead atoms. The van der Waals surface area contributed by atoms with Crippen LogP contribution in [0.15, 0.2) is 85.1 Å². The Kier molecular flexibility index (Phi) is 9.09. The number of carbonyl (C=O) groups excluding carboxylic acids is 3. The van der Waals surface area contributed by atoms with Gasteiger partial charge >= 0.3 is 12.2 Å². The third-order valence-corrected chi connectivity index (χ3v) is 12.4. The van der Waals surface area contributed by atoms with E-state index in [1.54, 1.807) is 0 Å². The first-order chi connectivity index (χ1) is 24.8. The van der Waals surface area contributed by atoms with Crippen LogP contribution < -0.4 is 11.1 Å². The second kappa shape index (κ2) is 13.8. The molecule has 0 saturated heterocycles. The Labute approximate surface area is 299 Å². The molecule has 1 unspecified atom stereocenters. The van der Waals surface area contributed by atoms with Crippen molar-refractivity contribution in [2.24, 2.45) is 29.4 Å². The topological polar surface area (TPSA) is 127 Å². The van der Waals surface area contributed by atoms with E-state index in [2.05, 4.69) is 16.4 Å². The molecule has 3 amide bonds. The molecule has 9 rings (SSSR count). The first-order valence-electron chi connectivity index (χ1n) is 18.7. The molecule has 4 fully saturated rings. The number of para-hydroxylation sites is 1. The molecular weight excluding hydrogens is 640 g/mol. The summed E-state index contributed by atoms with van der Waals surface area (Å²) in [6.07, 6.45) is 8.21. The smallest absolute Gasteiger partial charge is 0.417 e. The maximum Gasteiger partial charge on any atom is 0.417 e. The molecule has 5 aliphatic rings. The van der Waals surface area contributed by atoms with Gasteiger partial charge in [-0.15, -0.1) is 0 Å². The van der Waals surface area contributed by atoms with Crippen LogP contribution in [0.2, 0.25) is 0 Å². The van der Waals surface area contributed by atoms with Gasteiger partial charge in [-0.25, -0.2) is 14.5 Å². The molecule has 3 atom stereocenters. The highest BCUT2D eigenvalue weighted by Gasteiger charge is 2.53. The number of imide groups is 1. The third-order valence-electron chi connectivity index (χ3n) is 12.4. The number of rotatable bonds is 9. The number of nitrogens with two attached hydrogens (primary N) is 1. The van der Waals surface area contributed by atoms with Crippen molar-refractivity contribution in [3.05, 3.63) is 107 Å². The molecule has 0 aliphatic heterocycles. The zero-order valence-electron chi connectivity index (χ0n) is 29.3. The summed E-state index contributed by atoms with van der Waals surface area (Å²) in [5.41, 5.74) is 10.3. The average Bonchev–Trinajstić information content (AvgIpc) is 3.55. The van der Waals surface area contributed by atoms with E-state index in [0.717, 1.165) is 71.7 Å². The number of nitrogens with one attached hydrogen (secondary N) is 2. The van der Waals surface area contributed by atoms with Gasteiger partial charge in [0.2, 0.25) is 5.91 Å². The fourth-order valence-electron chi connectivity index (χ4n) is 10.2. The second-order valence-corrected chi connectivity index (χ2v) is 15.5. The van der Waals surface area contributed by atoms with Crippen LogP contribution >= 0.6 is 0 Å². The van der Waals surface area contributed by atoms with Gasteiger partial charge < -0.3 is 25.5 Å². The zero-order chi connectivity index (χ0) is 35.1. The van der Waals surface area contributed by atoms with Gasteiger partial charge in [0.15, 0.2) is 0 Å². The predicted octanol–water partition coefficient (Wildman–Crippen LogP) is 7.37. The number of hydrogen-bond acceptors (Lipinski definition) is 6. The van der Waals surface area contributed by atoms with Crippen LogP contribution in [0.25, 0.3) is 10.9 Å². The van der Waals surface area contributed by atoms with E-state index in [0.29, 0.717) is 30.1 Å². The lowest BCUT2D eigenvalue weighted by Crippen LogP contribution is -2.65. The number of amides is 3. The Morgan fingerprint density at radius 1 is 0.922 bits per heavy atom. The molecule has 0 radical (unpaired) electrons. The number of hydrogen-bond donors (Lipinski definition) is 3. The molecule has 4 N–H and O–H groups in total. The maximum absolute atomic E-state index is 14.8. The van der Waals surface area contributed by atoms with Crippen LogP contribution in [0, 0.1) is 23.7 Å². The SMILES string of the molecule is CC(N(C(=O)OC1C2CC3CC(C2)CC1C3)C(=O)[C@H](N)Cc1c[nH]c2ccccc12)[C@@]1(NC(=O)OCc2ccccc2)CCCc2ccccc21. The van der Waals surface area contributed by atoms with Crippen LogP contribution in [-0.2, 0) is 39.3 Å². The molecule has 5 aliphatic carbocycles. The van der Waals surface area contributed by atoms with Gasteiger partial charge in [-0.1, -0.05) is 72.8 Å². The summed E-state index contributed by atoms with van der Waals surface area (Å²) in [6.45, 7) is 1.93. The van der Waals surface area contributed by atoms with E-state index in [-0.39, 0.29) is 19.1 Å². The normalized spacial score (nSPS) is 27.3. The number of nitrogens with zero attached hydrogens (tertiary/aromatic N) is 1. The summed E-state index contributed by atoms with van der Waals surface area (Å²) in [5.74, 6) is 1.51. The van der Waals surface area contributed by atoms with E-state index >= 15 is 0 Å². The number of carbonyl (C=O) groups is 3. The van der Waals surface area contributed by atoms with Crippen molar-refractivity contribution in [2.75, 3.05) is 0 Å². The van der Waals surface area contributed by atoms with Crippen molar-refractivity contribution < 1.29 is 23.9 Å². The average molecular weight is 689 g/mol. The lowest BCUT2D eigenvalue weighted by Gasteiger charge is -2.54. The standard InChI is InChI=1S/C42H48N4O5/c1-26(42(17-9-13-30-12-5-7-15-35(30)42)45-40(48)50-25-27-10-3-2-4-11-27)46(39(47)36(43)23-33-24-44-37-16-8-6-14-34(33)37)41(49)51-38-31-19-28-18-29(21-31)22-32(38)20-28/h2-8,10-12,14-16,24,26,28-29,31-32,36,38,44H,9,13,17-23,25,43H2,1H3,(H,45,48)/t26?,28?,29?,31?,32?,36-,38?,42+/m1/s1. The Hall–Kier alpha value is -4.63. The second-order valence-electron chi connectivity index (χ2n) is 15.5. The Morgan fingerprint density at radius 3 is 2.37 bits per heavy atom. The minimum absolute atomic E-state index is 0.0887. The minimum Gasteiger partial charge on any atom is -0.445 e. The number of ether oxygens (including phenoxy) is 2. The summed E-state index contributed by atoms with van der Waals surface area (Å²) in [4.78, 5) is 47.7. The summed E-state index contributed by atoms with van der Waals surface area (Å²) in [7, 11) is 0.